The van der Waals surface area contributed by atoms with Crippen molar-refractivity contribution in [3.8, 4) is 0 Å². The van der Waals surface area contributed by atoms with Gasteiger partial charge in [-0.05, 0) is 49.7 Å². The van der Waals surface area contributed by atoms with Crippen molar-refractivity contribution in [2.45, 2.75) is 33.4 Å². The number of carboxylic acid groups (broad SMARTS) is 1. The summed E-state index contributed by atoms with van der Waals surface area (Å²) in [6.07, 6.45) is 2.39. The first-order chi connectivity index (χ1) is 14.8. The molecule has 162 valence electrons. The number of aryl methyl sites for hydroxylation is 2. The van der Waals surface area contributed by atoms with E-state index >= 15 is 0 Å². The fraction of sp³-hybridized carbons (Fsp3) is 0.273. The summed E-state index contributed by atoms with van der Waals surface area (Å²) in [6.45, 7) is 5.23. The van der Waals surface area contributed by atoms with Crippen LogP contribution in [0.15, 0.2) is 42.6 Å². The summed E-state index contributed by atoms with van der Waals surface area (Å²) in [6, 6.07) is 9.79. The quantitative estimate of drug-likeness (QED) is 0.542. The summed E-state index contributed by atoms with van der Waals surface area (Å²) < 4.78 is 1.92. The molecule has 0 unspecified atom stereocenters. The van der Waals surface area contributed by atoms with Gasteiger partial charge in [-0.1, -0.05) is 18.5 Å². The fourth-order valence-corrected chi connectivity index (χ4v) is 3.37. The number of carbonyl (C=O) groups excluding carboxylic acids is 1. The Kier molecular flexibility index (Phi) is 6.91. The van der Waals surface area contributed by atoms with Gasteiger partial charge in [-0.25, -0.2) is 9.78 Å². The molecule has 8 nitrogen and oxygen atoms in total. The number of aromatic carboxylic acids is 1. The van der Waals surface area contributed by atoms with E-state index in [1.807, 2.05) is 17.7 Å². The van der Waals surface area contributed by atoms with E-state index in [1.54, 1.807) is 36.2 Å². The standard InChI is InChI=1S/C22H24ClN5O3/c1-4-9-28-18(10-14(2)26-28)13-27(3)20-19(22(30)31)11-17(12-24-20)25-21(29)15-5-7-16(23)8-6-15/h5-8,10-12H,4,9,13H2,1-3H3,(H,25,29)(H,30,31). The fourth-order valence-electron chi connectivity index (χ4n) is 3.24. The summed E-state index contributed by atoms with van der Waals surface area (Å²) >= 11 is 5.85. The number of aromatic nitrogens is 3. The number of carboxylic acids is 1. The number of amides is 1. The van der Waals surface area contributed by atoms with Crippen LogP contribution >= 0.6 is 11.6 Å². The van der Waals surface area contributed by atoms with Crippen molar-refractivity contribution in [2.24, 2.45) is 0 Å². The Morgan fingerprint density at radius 1 is 1.23 bits per heavy atom. The lowest BCUT2D eigenvalue weighted by Crippen LogP contribution is -2.23. The molecule has 2 N–H and O–H groups in total. The highest BCUT2D eigenvalue weighted by Crippen LogP contribution is 2.23. The van der Waals surface area contributed by atoms with Crippen molar-refractivity contribution in [1.29, 1.82) is 0 Å². The van der Waals surface area contributed by atoms with Gasteiger partial charge in [0.2, 0.25) is 0 Å². The van der Waals surface area contributed by atoms with E-state index in [0.29, 0.717) is 28.6 Å². The zero-order valence-corrected chi connectivity index (χ0v) is 18.3. The molecule has 1 aromatic carbocycles. The Balaban J connectivity index is 1.82. The van der Waals surface area contributed by atoms with Gasteiger partial charge in [0.15, 0.2) is 0 Å². The largest absolute Gasteiger partial charge is 0.478 e. The third-order valence-corrected chi connectivity index (χ3v) is 4.89. The van der Waals surface area contributed by atoms with Crippen LogP contribution in [0, 0.1) is 6.92 Å². The van der Waals surface area contributed by atoms with Gasteiger partial charge < -0.3 is 15.3 Å². The molecule has 9 heteroatoms. The predicted octanol–water partition coefficient (Wildman–Crippen LogP) is 4.24. The Bertz CT molecular complexity index is 1100. The van der Waals surface area contributed by atoms with Crippen molar-refractivity contribution in [3.63, 3.8) is 0 Å². The van der Waals surface area contributed by atoms with Crippen LogP contribution in [-0.2, 0) is 13.1 Å². The van der Waals surface area contributed by atoms with Gasteiger partial charge in [-0.2, -0.15) is 5.10 Å². The third kappa shape index (κ3) is 5.40. The average Bonchev–Trinajstić information content (AvgIpc) is 3.07. The molecule has 31 heavy (non-hydrogen) atoms. The van der Waals surface area contributed by atoms with Crippen LogP contribution in [0.3, 0.4) is 0 Å². The summed E-state index contributed by atoms with van der Waals surface area (Å²) in [5, 5.41) is 17.4. The van der Waals surface area contributed by atoms with Crippen LogP contribution in [0.4, 0.5) is 11.5 Å². The molecule has 0 bridgehead atoms. The van der Waals surface area contributed by atoms with Crippen molar-refractivity contribution in [1.82, 2.24) is 14.8 Å². The second kappa shape index (κ2) is 9.61. The molecule has 0 saturated carbocycles. The van der Waals surface area contributed by atoms with Gasteiger partial charge in [0.1, 0.15) is 11.4 Å². The van der Waals surface area contributed by atoms with Crippen LogP contribution in [-0.4, -0.2) is 38.8 Å². The van der Waals surface area contributed by atoms with Crippen molar-refractivity contribution < 1.29 is 14.7 Å². The Labute approximate surface area is 185 Å². The zero-order chi connectivity index (χ0) is 22.5. The molecule has 0 aliphatic carbocycles. The number of hydrogen-bond acceptors (Lipinski definition) is 5. The first-order valence-corrected chi connectivity index (χ1v) is 10.2. The van der Waals surface area contributed by atoms with Gasteiger partial charge in [-0.3, -0.25) is 9.48 Å². The molecule has 0 spiro atoms. The van der Waals surface area contributed by atoms with Gasteiger partial charge in [-0.15, -0.1) is 0 Å². The molecule has 0 atom stereocenters. The lowest BCUT2D eigenvalue weighted by molar-refractivity contribution is 0.0696. The number of nitrogens with one attached hydrogen (secondary N) is 1. The molecule has 1 amide bonds. The predicted molar refractivity (Wildman–Crippen MR) is 120 cm³/mol. The van der Waals surface area contributed by atoms with Gasteiger partial charge >= 0.3 is 5.97 Å². The molecule has 0 aliphatic heterocycles. The Morgan fingerprint density at radius 2 is 1.94 bits per heavy atom. The molecule has 0 fully saturated rings. The second-order valence-corrected chi connectivity index (χ2v) is 7.65. The Hall–Kier alpha value is -3.39. The number of hydrogen-bond donors (Lipinski definition) is 2. The minimum absolute atomic E-state index is 0.00492. The van der Waals surface area contributed by atoms with Gasteiger partial charge in [0.05, 0.1) is 29.8 Å². The topological polar surface area (TPSA) is 100 Å². The van der Waals surface area contributed by atoms with Gasteiger partial charge in [0.25, 0.3) is 5.91 Å². The molecule has 2 heterocycles. The van der Waals surface area contributed by atoms with Crippen LogP contribution in [0.25, 0.3) is 0 Å². The molecular weight excluding hydrogens is 418 g/mol. The molecule has 0 radical (unpaired) electrons. The smallest absolute Gasteiger partial charge is 0.339 e. The molecule has 0 aliphatic rings. The maximum absolute atomic E-state index is 12.4. The van der Waals surface area contributed by atoms with E-state index in [1.165, 1.54) is 12.3 Å². The number of rotatable bonds is 8. The van der Waals surface area contributed by atoms with Gasteiger partial charge in [0, 0.05) is 24.2 Å². The number of anilines is 2. The molecular formula is C22H24ClN5O3. The van der Waals surface area contributed by atoms with Crippen LogP contribution in [0.2, 0.25) is 5.02 Å². The number of benzene rings is 1. The van der Waals surface area contributed by atoms with Crippen molar-refractivity contribution >= 4 is 35.0 Å². The molecule has 2 aromatic heterocycles. The molecule has 3 rings (SSSR count). The van der Waals surface area contributed by atoms with Crippen LogP contribution in [0.5, 0.6) is 0 Å². The lowest BCUT2D eigenvalue weighted by Gasteiger charge is -2.21. The normalized spacial score (nSPS) is 10.7. The van der Waals surface area contributed by atoms with Crippen LogP contribution < -0.4 is 10.2 Å². The highest BCUT2D eigenvalue weighted by atomic mass is 35.5. The third-order valence-electron chi connectivity index (χ3n) is 4.64. The summed E-state index contributed by atoms with van der Waals surface area (Å²) in [4.78, 5) is 30.4. The number of pyridine rings is 1. The van der Waals surface area contributed by atoms with E-state index in [4.69, 9.17) is 11.6 Å². The number of halogens is 1. The zero-order valence-electron chi connectivity index (χ0n) is 17.6. The first-order valence-electron chi connectivity index (χ1n) is 9.83. The first kappa shape index (κ1) is 22.3. The SMILES string of the molecule is CCCn1nc(C)cc1CN(C)c1ncc(NC(=O)c2ccc(Cl)cc2)cc1C(=O)O. The summed E-state index contributed by atoms with van der Waals surface area (Å²) in [7, 11) is 1.78. The molecule has 3 aromatic rings. The lowest BCUT2D eigenvalue weighted by atomic mass is 10.2. The minimum Gasteiger partial charge on any atom is -0.478 e. The number of carbonyl (C=O) groups is 2. The minimum atomic E-state index is -1.13. The van der Waals surface area contributed by atoms with E-state index in [-0.39, 0.29) is 11.5 Å². The maximum Gasteiger partial charge on any atom is 0.339 e. The monoisotopic (exact) mass is 441 g/mol. The highest BCUT2D eigenvalue weighted by molar-refractivity contribution is 6.30. The summed E-state index contributed by atoms with van der Waals surface area (Å²) in [5.41, 5.74) is 2.57. The number of nitrogens with zero attached hydrogens (tertiary/aromatic N) is 4. The van der Waals surface area contributed by atoms with Crippen molar-refractivity contribution in [3.05, 3.63) is 70.1 Å². The highest BCUT2D eigenvalue weighted by Gasteiger charge is 2.19. The van der Waals surface area contributed by atoms with Crippen LogP contribution in [0.1, 0.15) is 45.4 Å². The Morgan fingerprint density at radius 3 is 2.58 bits per heavy atom. The van der Waals surface area contributed by atoms with E-state index in [2.05, 4.69) is 22.3 Å². The molecule has 0 saturated heterocycles. The van der Waals surface area contributed by atoms with E-state index in [9.17, 15) is 14.7 Å². The maximum atomic E-state index is 12.4. The average molecular weight is 442 g/mol. The van der Waals surface area contributed by atoms with Crippen molar-refractivity contribution in [2.75, 3.05) is 17.3 Å². The van der Waals surface area contributed by atoms with E-state index in [0.717, 1.165) is 24.4 Å². The second-order valence-electron chi connectivity index (χ2n) is 7.22. The summed E-state index contributed by atoms with van der Waals surface area (Å²) in [5.74, 6) is -1.20. The van der Waals surface area contributed by atoms with E-state index < -0.39 is 5.97 Å².